The van der Waals surface area contributed by atoms with Crippen molar-refractivity contribution in [3.8, 4) is 0 Å². The highest BCUT2D eigenvalue weighted by molar-refractivity contribution is 5.93. The van der Waals surface area contributed by atoms with Crippen LogP contribution < -0.4 is 0 Å². The number of hydrogen-bond acceptors (Lipinski definition) is 5. The van der Waals surface area contributed by atoms with Crippen LogP contribution in [-0.4, -0.2) is 36.9 Å². The average molecular weight is 448 g/mol. The van der Waals surface area contributed by atoms with Crippen molar-refractivity contribution in [2.24, 2.45) is 0 Å². The number of halogens is 1. The first kappa shape index (κ1) is 21.9. The predicted molar refractivity (Wildman–Crippen MR) is 116 cm³/mol. The summed E-state index contributed by atoms with van der Waals surface area (Å²) in [5, 5.41) is 17.4. The molecule has 2 heterocycles. The molecule has 0 bridgehead atoms. The molecule has 4 aromatic rings. The number of aromatic carboxylic acids is 1. The number of furan rings is 1. The van der Waals surface area contributed by atoms with Gasteiger partial charge in [-0.25, -0.2) is 9.18 Å². The molecule has 0 fully saturated rings. The fourth-order valence-electron chi connectivity index (χ4n) is 3.34. The zero-order valence-electron chi connectivity index (χ0n) is 17.6. The van der Waals surface area contributed by atoms with Crippen LogP contribution in [0.25, 0.3) is 0 Å². The fraction of sp³-hybridized carbons (Fsp3) is 0.167. The van der Waals surface area contributed by atoms with Gasteiger partial charge < -0.3 is 14.4 Å². The lowest BCUT2D eigenvalue weighted by Crippen LogP contribution is -2.30. The molecule has 1 amide bonds. The minimum Gasteiger partial charge on any atom is -0.475 e. The summed E-state index contributed by atoms with van der Waals surface area (Å²) in [6.07, 6.45) is 2.55. The van der Waals surface area contributed by atoms with E-state index in [4.69, 9.17) is 9.52 Å². The SMILES string of the molecule is O=C(O)c1ccc(C(=O)N(Cc2ccc(F)cc2)Cc2cn(CCc3ccccc3)nn2)o1. The second-order valence-corrected chi connectivity index (χ2v) is 7.47. The molecule has 0 unspecified atom stereocenters. The van der Waals surface area contributed by atoms with Gasteiger partial charge in [-0.3, -0.25) is 9.48 Å². The van der Waals surface area contributed by atoms with Gasteiger partial charge in [-0.2, -0.15) is 0 Å². The summed E-state index contributed by atoms with van der Waals surface area (Å²) in [5.74, 6) is -2.58. The third kappa shape index (κ3) is 5.70. The van der Waals surface area contributed by atoms with Gasteiger partial charge in [0.2, 0.25) is 5.76 Å². The van der Waals surface area contributed by atoms with E-state index in [2.05, 4.69) is 10.3 Å². The molecule has 2 aromatic carbocycles. The Bertz CT molecular complexity index is 1230. The van der Waals surface area contributed by atoms with Gasteiger partial charge >= 0.3 is 5.97 Å². The molecule has 4 rings (SSSR count). The number of hydrogen-bond donors (Lipinski definition) is 1. The summed E-state index contributed by atoms with van der Waals surface area (Å²) in [5.41, 5.74) is 2.43. The molecular weight excluding hydrogens is 427 g/mol. The molecule has 9 heteroatoms. The Balaban J connectivity index is 1.50. The highest BCUT2D eigenvalue weighted by Crippen LogP contribution is 2.16. The fourth-order valence-corrected chi connectivity index (χ4v) is 3.34. The van der Waals surface area contributed by atoms with Crippen LogP contribution >= 0.6 is 0 Å². The van der Waals surface area contributed by atoms with Gasteiger partial charge in [-0.15, -0.1) is 5.10 Å². The number of carboxylic acid groups (broad SMARTS) is 1. The van der Waals surface area contributed by atoms with Gasteiger partial charge in [0, 0.05) is 13.1 Å². The van der Waals surface area contributed by atoms with Crippen LogP contribution in [0.5, 0.6) is 0 Å². The molecular formula is C24H21FN4O4. The maximum Gasteiger partial charge on any atom is 0.371 e. The molecule has 0 aliphatic carbocycles. The quantitative estimate of drug-likeness (QED) is 0.418. The molecule has 8 nitrogen and oxygen atoms in total. The smallest absolute Gasteiger partial charge is 0.371 e. The highest BCUT2D eigenvalue weighted by atomic mass is 19.1. The van der Waals surface area contributed by atoms with Crippen molar-refractivity contribution in [3.05, 3.63) is 107 Å². The number of nitrogens with zero attached hydrogens (tertiary/aromatic N) is 4. The standard InChI is InChI=1S/C24H21FN4O4/c25-19-8-6-18(7-9-19)14-28(23(30)21-10-11-22(33-21)24(31)32)15-20-16-29(27-26-20)13-12-17-4-2-1-3-5-17/h1-11,16H,12-15H2,(H,31,32). The third-order valence-corrected chi connectivity index (χ3v) is 5.01. The Labute approximate surface area is 188 Å². The summed E-state index contributed by atoms with van der Waals surface area (Å²) >= 11 is 0. The van der Waals surface area contributed by atoms with Crippen LogP contribution in [0.15, 0.2) is 77.3 Å². The molecule has 0 radical (unpaired) electrons. The van der Waals surface area contributed by atoms with Crippen molar-refractivity contribution in [3.63, 3.8) is 0 Å². The number of carbonyl (C=O) groups excluding carboxylic acids is 1. The van der Waals surface area contributed by atoms with Gasteiger partial charge in [-0.1, -0.05) is 47.7 Å². The van der Waals surface area contributed by atoms with E-state index < -0.39 is 11.9 Å². The lowest BCUT2D eigenvalue weighted by atomic mass is 10.1. The molecule has 0 spiro atoms. The number of carbonyl (C=O) groups is 2. The molecule has 2 aromatic heterocycles. The van der Waals surface area contributed by atoms with E-state index in [1.54, 1.807) is 23.0 Å². The van der Waals surface area contributed by atoms with Crippen molar-refractivity contribution in [2.45, 2.75) is 26.1 Å². The molecule has 0 atom stereocenters. The summed E-state index contributed by atoms with van der Waals surface area (Å²) in [6, 6.07) is 18.3. The highest BCUT2D eigenvalue weighted by Gasteiger charge is 2.22. The predicted octanol–water partition coefficient (Wildman–Crippen LogP) is 3.79. The minimum absolute atomic E-state index is 0.106. The second-order valence-electron chi connectivity index (χ2n) is 7.47. The molecule has 0 aliphatic rings. The number of aromatic nitrogens is 3. The Morgan fingerprint density at radius 3 is 2.36 bits per heavy atom. The molecule has 0 aliphatic heterocycles. The van der Waals surface area contributed by atoms with Gasteiger partial charge in [0.15, 0.2) is 5.76 Å². The summed E-state index contributed by atoms with van der Waals surface area (Å²) in [7, 11) is 0. The van der Waals surface area contributed by atoms with Crippen LogP contribution in [0, 0.1) is 5.82 Å². The van der Waals surface area contributed by atoms with Crippen LogP contribution in [0.3, 0.4) is 0 Å². The van der Waals surface area contributed by atoms with Crippen molar-refractivity contribution < 1.29 is 23.5 Å². The number of carboxylic acids is 1. The number of amides is 1. The first-order valence-corrected chi connectivity index (χ1v) is 10.3. The molecule has 0 saturated carbocycles. The lowest BCUT2D eigenvalue weighted by molar-refractivity contribution is 0.0643. The first-order chi connectivity index (χ1) is 16.0. The summed E-state index contributed by atoms with van der Waals surface area (Å²) < 4.78 is 20.2. The Hall–Kier alpha value is -4.27. The van der Waals surface area contributed by atoms with Gasteiger partial charge in [0.1, 0.15) is 11.5 Å². The molecule has 1 N–H and O–H groups in total. The van der Waals surface area contributed by atoms with Crippen molar-refractivity contribution in [2.75, 3.05) is 0 Å². The minimum atomic E-state index is -1.26. The topological polar surface area (TPSA) is 101 Å². The van der Waals surface area contributed by atoms with Crippen LogP contribution in [0.2, 0.25) is 0 Å². The van der Waals surface area contributed by atoms with Crippen molar-refractivity contribution >= 4 is 11.9 Å². The second kappa shape index (κ2) is 9.90. The van der Waals surface area contributed by atoms with Gasteiger partial charge in [0.25, 0.3) is 5.91 Å². The maximum absolute atomic E-state index is 13.3. The lowest BCUT2D eigenvalue weighted by Gasteiger charge is -2.20. The molecule has 33 heavy (non-hydrogen) atoms. The monoisotopic (exact) mass is 448 g/mol. The van der Waals surface area contributed by atoms with E-state index in [1.807, 2.05) is 30.3 Å². The Morgan fingerprint density at radius 1 is 0.939 bits per heavy atom. The van der Waals surface area contributed by atoms with Crippen LogP contribution in [0.4, 0.5) is 4.39 Å². The van der Waals surface area contributed by atoms with E-state index >= 15 is 0 Å². The van der Waals surface area contributed by atoms with E-state index in [0.717, 1.165) is 6.42 Å². The zero-order valence-corrected chi connectivity index (χ0v) is 17.6. The van der Waals surface area contributed by atoms with E-state index in [1.165, 1.54) is 34.7 Å². The number of benzene rings is 2. The van der Waals surface area contributed by atoms with E-state index in [9.17, 15) is 14.0 Å². The number of rotatable bonds is 9. The van der Waals surface area contributed by atoms with Crippen LogP contribution in [0.1, 0.15) is 37.9 Å². The maximum atomic E-state index is 13.3. The van der Waals surface area contributed by atoms with E-state index in [-0.39, 0.29) is 30.4 Å². The Morgan fingerprint density at radius 2 is 1.67 bits per heavy atom. The third-order valence-electron chi connectivity index (χ3n) is 5.01. The van der Waals surface area contributed by atoms with E-state index in [0.29, 0.717) is 17.8 Å². The Kier molecular flexibility index (Phi) is 6.58. The largest absolute Gasteiger partial charge is 0.475 e. The van der Waals surface area contributed by atoms with Crippen molar-refractivity contribution in [1.82, 2.24) is 19.9 Å². The average Bonchev–Trinajstić information content (AvgIpc) is 3.49. The first-order valence-electron chi connectivity index (χ1n) is 10.3. The summed E-state index contributed by atoms with van der Waals surface area (Å²) in [4.78, 5) is 25.6. The zero-order chi connectivity index (χ0) is 23.2. The normalized spacial score (nSPS) is 10.8. The van der Waals surface area contributed by atoms with Gasteiger partial charge in [-0.05, 0) is 41.8 Å². The number of aryl methyl sites for hydroxylation is 2. The summed E-state index contributed by atoms with van der Waals surface area (Å²) in [6.45, 7) is 0.896. The molecule has 0 saturated heterocycles. The van der Waals surface area contributed by atoms with Gasteiger partial charge in [0.05, 0.1) is 12.7 Å². The van der Waals surface area contributed by atoms with Crippen LogP contribution in [-0.2, 0) is 26.1 Å². The molecule has 168 valence electrons. The van der Waals surface area contributed by atoms with Crippen molar-refractivity contribution in [1.29, 1.82) is 0 Å².